The lowest BCUT2D eigenvalue weighted by Crippen LogP contribution is -2.32. The number of para-hydroxylation sites is 1. The van der Waals surface area contributed by atoms with Crippen molar-refractivity contribution in [1.29, 1.82) is 0 Å². The molecule has 38 heavy (non-hydrogen) atoms. The minimum atomic E-state index is -0.277. The fraction of sp³-hybridized carbons (Fsp3) is 0.233. The van der Waals surface area contributed by atoms with E-state index in [0.717, 1.165) is 46.0 Å². The first-order valence-electron chi connectivity index (χ1n) is 12.7. The zero-order chi connectivity index (χ0) is 26.6. The zero-order valence-electron chi connectivity index (χ0n) is 21.3. The SMILES string of the molecule is CCc1ccccc1NC(=O)CCN1C(=S)NC(c2ccccn2)C1c1ccc(-c2cc(Cl)ccc2C)o1. The molecule has 1 aliphatic heterocycles. The fourth-order valence-electron chi connectivity index (χ4n) is 4.86. The summed E-state index contributed by atoms with van der Waals surface area (Å²) in [6, 6.07) is 22.8. The van der Waals surface area contributed by atoms with Gasteiger partial charge < -0.3 is 20.0 Å². The molecule has 4 aromatic rings. The topological polar surface area (TPSA) is 70.4 Å². The first-order chi connectivity index (χ1) is 18.4. The molecule has 0 aliphatic carbocycles. The number of hydrogen-bond donors (Lipinski definition) is 2. The van der Waals surface area contributed by atoms with Crippen molar-refractivity contribution in [3.05, 3.63) is 107 Å². The number of halogens is 1. The van der Waals surface area contributed by atoms with Crippen molar-refractivity contribution < 1.29 is 9.21 Å². The van der Waals surface area contributed by atoms with Crippen LogP contribution in [0.25, 0.3) is 11.3 Å². The van der Waals surface area contributed by atoms with E-state index >= 15 is 0 Å². The van der Waals surface area contributed by atoms with Crippen molar-refractivity contribution in [3.63, 3.8) is 0 Å². The highest BCUT2D eigenvalue weighted by Gasteiger charge is 2.41. The maximum Gasteiger partial charge on any atom is 0.226 e. The molecule has 0 radical (unpaired) electrons. The Kier molecular flexibility index (Phi) is 7.77. The van der Waals surface area contributed by atoms with E-state index in [9.17, 15) is 4.79 Å². The van der Waals surface area contributed by atoms with Crippen LogP contribution < -0.4 is 10.6 Å². The number of carbonyl (C=O) groups excluding carboxylic acids is 1. The summed E-state index contributed by atoms with van der Waals surface area (Å²) in [7, 11) is 0. The van der Waals surface area contributed by atoms with Crippen LogP contribution in [0.5, 0.6) is 0 Å². The first-order valence-corrected chi connectivity index (χ1v) is 13.4. The lowest BCUT2D eigenvalue weighted by molar-refractivity contribution is -0.116. The molecule has 0 bridgehead atoms. The van der Waals surface area contributed by atoms with Crippen molar-refractivity contribution in [2.75, 3.05) is 11.9 Å². The highest BCUT2D eigenvalue weighted by Crippen LogP contribution is 2.41. The van der Waals surface area contributed by atoms with E-state index in [0.29, 0.717) is 16.7 Å². The number of aromatic nitrogens is 1. The van der Waals surface area contributed by atoms with E-state index in [-0.39, 0.29) is 24.4 Å². The number of aryl methyl sites for hydroxylation is 2. The molecule has 1 amide bonds. The van der Waals surface area contributed by atoms with E-state index < -0.39 is 0 Å². The minimum Gasteiger partial charge on any atom is -0.459 e. The van der Waals surface area contributed by atoms with Crippen LogP contribution in [0.1, 0.15) is 48.0 Å². The van der Waals surface area contributed by atoms with Gasteiger partial charge in [0, 0.05) is 35.4 Å². The summed E-state index contributed by atoms with van der Waals surface area (Å²) in [6.45, 7) is 4.52. The molecular formula is C30H29ClN4O2S. The van der Waals surface area contributed by atoms with Gasteiger partial charge >= 0.3 is 0 Å². The number of hydrogen-bond acceptors (Lipinski definition) is 4. The summed E-state index contributed by atoms with van der Waals surface area (Å²) in [5.41, 5.74) is 4.80. The molecule has 1 aliphatic rings. The van der Waals surface area contributed by atoms with Gasteiger partial charge in [0.1, 0.15) is 17.6 Å². The van der Waals surface area contributed by atoms with E-state index in [2.05, 4.69) is 22.5 Å². The summed E-state index contributed by atoms with van der Waals surface area (Å²) in [4.78, 5) is 19.5. The molecule has 194 valence electrons. The second-order valence-electron chi connectivity index (χ2n) is 9.29. The van der Waals surface area contributed by atoms with Crippen LogP contribution in [0.2, 0.25) is 5.02 Å². The van der Waals surface area contributed by atoms with Gasteiger partial charge in [0.25, 0.3) is 0 Å². The van der Waals surface area contributed by atoms with Crippen molar-refractivity contribution in [2.45, 2.75) is 38.8 Å². The molecule has 8 heteroatoms. The number of rotatable bonds is 8. The first kappa shape index (κ1) is 25.9. The van der Waals surface area contributed by atoms with Crippen LogP contribution in [-0.4, -0.2) is 27.4 Å². The van der Waals surface area contributed by atoms with Gasteiger partial charge in [-0.3, -0.25) is 9.78 Å². The Hall–Kier alpha value is -3.68. The molecule has 3 heterocycles. The lowest BCUT2D eigenvalue weighted by atomic mass is 10.0. The molecule has 2 atom stereocenters. The van der Waals surface area contributed by atoms with E-state index in [1.54, 1.807) is 6.20 Å². The molecule has 2 N–H and O–H groups in total. The standard InChI is InChI=1S/C30H29ClN4O2S/c1-3-20-8-4-5-9-23(20)33-27(36)15-17-35-29(28(34-30(35)38)24-10-6-7-16-32-24)26-14-13-25(37-26)22-18-21(31)12-11-19(22)2/h4-14,16,18,28-29H,3,15,17H2,1-2H3,(H,33,36)(H,34,38). The maximum atomic E-state index is 12.9. The van der Waals surface area contributed by atoms with Crippen LogP contribution in [0, 0.1) is 6.92 Å². The van der Waals surface area contributed by atoms with E-state index in [4.69, 9.17) is 28.2 Å². The Morgan fingerprint density at radius 3 is 2.74 bits per heavy atom. The number of furan rings is 1. The van der Waals surface area contributed by atoms with E-state index in [1.807, 2.05) is 84.6 Å². The van der Waals surface area contributed by atoms with Crippen molar-refractivity contribution in [3.8, 4) is 11.3 Å². The van der Waals surface area contributed by atoms with Gasteiger partial charge in [-0.25, -0.2) is 0 Å². The number of amides is 1. The lowest BCUT2D eigenvalue weighted by Gasteiger charge is -2.26. The second kappa shape index (κ2) is 11.4. The summed E-state index contributed by atoms with van der Waals surface area (Å²) in [6.07, 6.45) is 2.88. The number of nitrogens with one attached hydrogen (secondary N) is 2. The highest BCUT2D eigenvalue weighted by atomic mass is 35.5. The third-order valence-corrected chi connectivity index (χ3v) is 7.42. The third-order valence-electron chi connectivity index (χ3n) is 6.83. The predicted octanol–water partition coefficient (Wildman–Crippen LogP) is 6.87. The van der Waals surface area contributed by atoms with Gasteiger partial charge in [-0.2, -0.15) is 0 Å². The molecule has 0 saturated carbocycles. The Bertz CT molecular complexity index is 1460. The Balaban J connectivity index is 1.41. The molecule has 2 unspecified atom stereocenters. The van der Waals surface area contributed by atoms with Gasteiger partial charge in [0.05, 0.1) is 11.7 Å². The molecule has 2 aromatic heterocycles. The predicted molar refractivity (Wildman–Crippen MR) is 155 cm³/mol. The third kappa shape index (κ3) is 5.44. The molecule has 1 fully saturated rings. The van der Waals surface area contributed by atoms with Crippen LogP contribution >= 0.6 is 23.8 Å². The summed E-state index contributed by atoms with van der Waals surface area (Å²) >= 11 is 12.0. The summed E-state index contributed by atoms with van der Waals surface area (Å²) in [5.74, 6) is 1.40. The Morgan fingerprint density at radius 1 is 1.13 bits per heavy atom. The molecule has 5 rings (SSSR count). The maximum absolute atomic E-state index is 12.9. The van der Waals surface area contributed by atoms with Crippen LogP contribution in [0.15, 0.2) is 83.4 Å². The largest absolute Gasteiger partial charge is 0.459 e. The molecule has 2 aromatic carbocycles. The number of benzene rings is 2. The second-order valence-corrected chi connectivity index (χ2v) is 10.1. The van der Waals surface area contributed by atoms with Crippen molar-refractivity contribution in [1.82, 2.24) is 15.2 Å². The fourth-order valence-corrected chi connectivity index (χ4v) is 5.36. The van der Waals surface area contributed by atoms with Crippen LogP contribution in [-0.2, 0) is 11.2 Å². The Morgan fingerprint density at radius 2 is 1.95 bits per heavy atom. The van der Waals surface area contributed by atoms with Gasteiger partial charge in [-0.05, 0) is 79.2 Å². The number of thiocarbonyl (C=S) groups is 1. The van der Waals surface area contributed by atoms with Gasteiger partial charge in [-0.1, -0.05) is 48.9 Å². The molecule has 6 nitrogen and oxygen atoms in total. The summed E-state index contributed by atoms with van der Waals surface area (Å²) < 4.78 is 6.42. The van der Waals surface area contributed by atoms with Gasteiger partial charge in [0.2, 0.25) is 5.91 Å². The summed E-state index contributed by atoms with van der Waals surface area (Å²) in [5, 5.41) is 7.68. The van der Waals surface area contributed by atoms with Gasteiger partial charge in [-0.15, -0.1) is 0 Å². The monoisotopic (exact) mass is 544 g/mol. The van der Waals surface area contributed by atoms with Gasteiger partial charge in [0.15, 0.2) is 5.11 Å². The number of pyridine rings is 1. The normalized spacial score (nSPS) is 16.9. The molecular weight excluding hydrogens is 516 g/mol. The quantitative estimate of drug-likeness (QED) is 0.236. The van der Waals surface area contributed by atoms with Crippen molar-refractivity contribution >= 4 is 40.5 Å². The van der Waals surface area contributed by atoms with E-state index in [1.165, 1.54) is 0 Å². The molecule has 1 saturated heterocycles. The highest BCUT2D eigenvalue weighted by molar-refractivity contribution is 7.80. The smallest absolute Gasteiger partial charge is 0.226 e. The van der Waals surface area contributed by atoms with Crippen LogP contribution in [0.3, 0.4) is 0 Å². The van der Waals surface area contributed by atoms with Crippen molar-refractivity contribution in [2.24, 2.45) is 0 Å². The van der Waals surface area contributed by atoms with Crippen LogP contribution in [0.4, 0.5) is 5.69 Å². The average Bonchev–Trinajstić information content (AvgIpc) is 3.54. The number of anilines is 1. The Labute approximate surface area is 233 Å². The number of carbonyl (C=O) groups is 1. The minimum absolute atomic E-state index is 0.0663. The average molecular weight is 545 g/mol. The molecule has 0 spiro atoms. The number of nitrogens with zero attached hydrogens (tertiary/aromatic N) is 2. The zero-order valence-corrected chi connectivity index (χ0v) is 22.9.